The molecule has 1 aliphatic carbocycles. The number of piperidine rings is 1. The van der Waals surface area contributed by atoms with E-state index in [1.165, 1.54) is 4.90 Å². The summed E-state index contributed by atoms with van der Waals surface area (Å²) < 4.78 is 47.7. The minimum Gasteiger partial charge on any atom is -0.376 e. The van der Waals surface area contributed by atoms with E-state index in [-0.39, 0.29) is 36.5 Å². The Bertz CT molecular complexity index is 1030. The summed E-state index contributed by atoms with van der Waals surface area (Å²) in [4.78, 5) is 26.9. The van der Waals surface area contributed by atoms with Crippen molar-refractivity contribution in [1.29, 1.82) is 0 Å². The van der Waals surface area contributed by atoms with E-state index < -0.39 is 24.2 Å². The van der Waals surface area contributed by atoms with Crippen molar-refractivity contribution < 1.29 is 27.5 Å². The summed E-state index contributed by atoms with van der Waals surface area (Å²) in [6.45, 7) is 4.44. The van der Waals surface area contributed by atoms with Gasteiger partial charge in [0, 0.05) is 47.9 Å². The van der Waals surface area contributed by atoms with E-state index in [9.17, 15) is 18.4 Å². The van der Waals surface area contributed by atoms with E-state index >= 15 is 4.39 Å². The number of benzene rings is 1. The first-order chi connectivity index (χ1) is 17.3. The van der Waals surface area contributed by atoms with Gasteiger partial charge >= 0.3 is 0 Å². The lowest BCUT2D eigenvalue weighted by Gasteiger charge is -2.37. The molecule has 6 nitrogen and oxygen atoms in total. The van der Waals surface area contributed by atoms with Crippen LogP contribution in [-0.2, 0) is 22.5 Å². The summed E-state index contributed by atoms with van der Waals surface area (Å²) in [6, 6.07) is 2.88. The molecule has 9 heteroatoms. The molecule has 1 saturated carbocycles. The molecular weight excluding hydrogens is 471 g/mol. The second kappa shape index (κ2) is 10.5. The second-order valence-corrected chi connectivity index (χ2v) is 10.6. The van der Waals surface area contributed by atoms with Gasteiger partial charge in [0.1, 0.15) is 11.9 Å². The van der Waals surface area contributed by atoms with Crippen LogP contribution in [0.3, 0.4) is 0 Å². The first kappa shape index (κ1) is 25.3. The molecule has 0 spiro atoms. The molecule has 2 amide bonds. The van der Waals surface area contributed by atoms with Gasteiger partial charge < -0.3 is 20.3 Å². The zero-order chi connectivity index (χ0) is 25.4. The van der Waals surface area contributed by atoms with Crippen molar-refractivity contribution in [2.75, 3.05) is 6.61 Å². The van der Waals surface area contributed by atoms with Crippen molar-refractivity contribution in [3.8, 4) is 0 Å². The predicted octanol–water partition coefficient (Wildman–Crippen LogP) is 4.08. The number of nitrogens with one attached hydrogen (secondary N) is 2. The number of amides is 2. The van der Waals surface area contributed by atoms with Gasteiger partial charge in [0.05, 0.1) is 12.6 Å². The van der Waals surface area contributed by atoms with Crippen LogP contribution in [0.4, 0.5) is 13.2 Å². The van der Waals surface area contributed by atoms with Crippen LogP contribution in [0.2, 0.25) is 0 Å². The van der Waals surface area contributed by atoms with Crippen molar-refractivity contribution in [1.82, 2.24) is 15.5 Å². The van der Waals surface area contributed by atoms with Gasteiger partial charge in [-0.2, -0.15) is 0 Å². The SMILES string of the molecule is C=C1CC[C@H](N2Cc3c(ccc(C[C@H]4OCCC[C@@H]4N[C@H]4CC[C@@H](C(F)F)CC4)c3F)C2=O)C(=O)N1. The molecule has 2 saturated heterocycles. The molecule has 3 fully saturated rings. The van der Waals surface area contributed by atoms with Gasteiger partial charge in [0.2, 0.25) is 12.3 Å². The molecule has 5 rings (SSSR count). The standard InChI is InChI=1S/C27H34F3N3O3/c1-15-4-11-22(26(34)31-15)33-14-20-19(27(33)35)10-7-17(24(20)28)13-23-21(3-2-12-36-23)32-18-8-5-16(6-9-18)25(29)30/h7,10,16,18,21-23,25,32H,1-6,8-9,11-14H2,(H,31,34)/t16-,18+,21-,22-,23+/m0/s1. The van der Waals surface area contributed by atoms with Gasteiger partial charge in [-0.1, -0.05) is 12.6 Å². The molecule has 0 unspecified atom stereocenters. The molecule has 196 valence electrons. The largest absolute Gasteiger partial charge is 0.376 e. The minimum atomic E-state index is -2.26. The molecule has 1 aromatic rings. The smallest absolute Gasteiger partial charge is 0.255 e. The maximum absolute atomic E-state index is 15.7. The quantitative estimate of drug-likeness (QED) is 0.612. The Kier molecular flexibility index (Phi) is 7.40. The van der Waals surface area contributed by atoms with Crippen molar-refractivity contribution >= 4 is 11.8 Å². The van der Waals surface area contributed by atoms with E-state index in [0.717, 1.165) is 12.8 Å². The van der Waals surface area contributed by atoms with Gasteiger partial charge in [-0.15, -0.1) is 0 Å². The Morgan fingerprint density at radius 1 is 1.14 bits per heavy atom. The highest BCUT2D eigenvalue weighted by molar-refractivity contribution is 6.01. The summed E-state index contributed by atoms with van der Waals surface area (Å²) in [7, 11) is 0. The predicted molar refractivity (Wildman–Crippen MR) is 128 cm³/mol. The third-order valence-corrected chi connectivity index (χ3v) is 8.28. The molecule has 2 N–H and O–H groups in total. The van der Waals surface area contributed by atoms with Gasteiger partial charge in [-0.3, -0.25) is 9.59 Å². The first-order valence-electron chi connectivity index (χ1n) is 13.1. The highest BCUT2D eigenvalue weighted by Crippen LogP contribution is 2.33. The number of carbonyl (C=O) groups excluding carboxylic acids is 2. The first-order valence-corrected chi connectivity index (χ1v) is 13.1. The third kappa shape index (κ3) is 5.05. The van der Waals surface area contributed by atoms with E-state index in [1.807, 2.05) is 0 Å². The Morgan fingerprint density at radius 3 is 2.64 bits per heavy atom. The topological polar surface area (TPSA) is 70.7 Å². The van der Waals surface area contributed by atoms with Crippen molar-refractivity contribution in [3.05, 3.63) is 46.9 Å². The van der Waals surface area contributed by atoms with Gasteiger partial charge in [-0.05, 0) is 63.0 Å². The van der Waals surface area contributed by atoms with E-state index in [0.29, 0.717) is 73.9 Å². The van der Waals surface area contributed by atoms with Gasteiger partial charge in [0.15, 0.2) is 0 Å². The number of fused-ring (bicyclic) bond motifs is 1. The van der Waals surface area contributed by atoms with Crippen LogP contribution in [0, 0.1) is 11.7 Å². The molecule has 0 bridgehead atoms. The molecular formula is C27H34F3N3O3. The Balaban J connectivity index is 1.26. The zero-order valence-electron chi connectivity index (χ0n) is 20.4. The highest BCUT2D eigenvalue weighted by atomic mass is 19.3. The summed E-state index contributed by atoms with van der Waals surface area (Å²) in [5.74, 6) is -1.52. The fourth-order valence-corrected chi connectivity index (χ4v) is 6.18. The number of rotatable bonds is 6. The molecule has 3 atom stereocenters. The second-order valence-electron chi connectivity index (χ2n) is 10.6. The van der Waals surface area contributed by atoms with Crippen molar-refractivity contribution in [2.24, 2.45) is 5.92 Å². The summed E-state index contributed by atoms with van der Waals surface area (Å²) >= 11 is 0. The molecule has 4 aliphatic rings. The average Bonchev–Trinajstić information content (AvgIpc) is 3.19. The molecule has 3 aliphatic heterocycles. The van der Waals surface area contributed by atoms with Crippen LogP contribution in [0.1, 0.15) is 72.9 Å². The van der Waals surface area contributed by atoms with Crippen LogP contribution in [0.25, 0.3) is 0 Å². The van der Waals surface area contributed by atoms with Crippen LogP contribution < -0.4 is 10.6 Å². The van der Waals surface area contributed by atoms with Crippen LogP contribution in [0.15, 0.2) is 24.4 Å². The number of nitrogens with zero attached hydrogens (tertiary/aromatic N) is 1. The average molecular weight is 506 g/mol. The normalized spacial score (nSPS) is 31.1. The summed E-state index contributed by atoms with van der Waals surface area (Å²) in [6.07, 6.45) is 3.18. The zero-order valence-corrected chi connectivity index (χ0v) is 20.4. The maximum atomic E-state index is 15.7. The molecule has 36 heavy (non-hydrogen) atoms. The summed E-state index contributed by atoms with van der Waals surface area (Å²) in [5, 5.41) is 6.32. The fourth-order valence-electron chi connectivity index (χ4n) is 6.18. The highest BCUT2D eigenvalue weighted by Gasteiger charge is 2.40. The lowest BCUT2D eigenvalue weighted by Crippen LogP contribution is -2.50. The maximum Gasteiger partial charge on any atom is 0.255 e. The number of allylic oxidation sites excluding steroid dienone is 1. The number of alkyl halides is 2. The number of hydrogen-bond acceptors (Lipinski definition) is 4. The Hall–Kier alpha value is -2.39. The minimum absolute atomic E-state index is 0.0247. The number of hydrogen-bond donors (Lipinski definition) is 2. The van der Waals surface area contributed by atoms with Gasteiger partial charge in [-0.25, -0.2) is 13.2 Å². The molecule has 1 aromatic carbocycles. The monoisotopic (exact) mass is 505 g/mol. The van der Waals surface area contributed by atoms with E-state index in [1.54, 1.807) is 12.1 Å². The summed E-state index contributed by atoms with van der Waals surface area (Å²) in [5.41, 5.74) is 1.76. The Labute approximate surface area is 209 Å². The number of ether oxygens (including phenoxy) is 1. The number of halogens is 3. The van der Waals surface area contributed by atoms with Crippen LogP contribution in [0.5, 0.6) is 0 Å². The molecule has 3 heterocycles. The third-order valence-electron chi connectivity index (χ3n) is 8.28. The fraction of sp³-hybridized carbons (Fsp3) is 0.630. The van der Waals surface area contributed by atoms with E-state index in [2.05, 4.69) is 17.2 Å². The van der Waals surface area contributed by atoms with Crippen LogP contribution >= 0.6 is 0 Å². The Morgan fingerprint density at radius 2 is 1.92 bits per heavy atom. The van der Waals surface area contributed by atoms with Crippen molar-refractivity contribution in [3.63, 3.8) is 0 Å². The lowest BCUT2D eigenvalue weighted by molar-refractivity contribution is -0.126. The van der Waals surface area contributed by atoms with Crippen molar-refractivity contribution in [2.45, 2.75) is 95.0 Å². The molecule has 0 radical (unpaired) electrons. The lowest BCUT2D eigenvalue weighted by atomic mass is 9.85. The molecule has 0 aromatic heterocycles. The van der Waals surface area contributed by atoms with Gasteiger partial charge in [0.25, 0.3) is 5.91 Å². The van der Waals surface area contributed by atoms with E-state index in [4.69, 9.17) is 4.74 Å². The number of carbonyl (C=O) groups is 2. The van der Waals surface area contributed by atoms with Crippen LogP contribution in [-0.4, -0.2) is 54.0 Å².